The fourth-order valence-corrected chi connectivity index (χ4v) is 2.69. The second-order valence-corrected chi connectivity index (χ2v) is 5.50. The molecule has 100 valence electrons. The molecule has 0 amide bonds. The highest BCUT2D eigenvalue weighted by Crippen LogP contribution is 2.42. The Labute approximate surface area is 108 Å². The van der Waals surface area contributed by atoms with Gasteiger partial charge in [-0.1, -0.05) is 0 Å². The van der Waals surface area contributed by atoms with E-state index in [9.17, 15) is 8.78 Å². The van der Waals surface area contributed by atoms with E-state index in [4.69, 9.17) is 0 Å². The van der Waals surface area contributed by atoms with Crippen LogP contribution in [0.25, 0.3) is 10.9 Å². The first-order valence-corrected chi connectivity index (χ1v) is 6.59. The zero-order valence-corrected chi connectivity index (χ0v) is 10.4. The van der Waals surface area contributed by atoms with Crippen molar-refractivity contribution in [3.8, 4) is 0 Å². The lowest BCUT2D eigenvalue weighted by molar-refractivity contribution is 0.0257. The molecule has 2 aliphatic rings. The average molecular weight is 264 g/mol. The minimum Gasteiger partial charge on any atom is -0.350 e. The molecule has 1 saturated carbocycles. The van der Waals surface area contributed by atoms with Crippen molar-refractivity contribution < 1.29 is 8.78 Å². The largest absolute Gasteiger partial charge is 0.350 e. The van der Waals surface area contributed by atoms with Crippen molar-refractivity contribution >= 4 is 16.7 Å². The molecule has 1 aliphatic carbocycles. The number of fused-ring (bicyclic) bond motifs is 1. The molecule has 0 atom stereocenters. The Hall–Kier alpha value is -1.72. The van der Waals surface area contributed by atoms with Crippen molar-refractivity contribution in [3.63, 3.8) is 0 Å². The van der Waals surface area contributed by atoms with Crippen molar-refractivity contribution in [1.82, 2.24) is 15.2 Å². The van der Waals surface area contributed by atoms with Gasteiger partial charge >= 0.3 is 0 Å². The molecule has 4 rings (SSSR count). The van der Waals surface area contributed by atoms with Crippen LogP contribution in [0.15, 0.2) is 12.3 Å². The summed E-state index contributed by atoms with van der Waals surface area (Å²) >= 11 is 0. The highest BCUT2D eigenvalue weighted by atomic mass is 19.3. The Balaban J connectivity index is 1.81. The van der Waals surface area contributed by atoms with E-state index >= 15 is 0 Å². The summed E-state index contributed by atoms with van der Waals surface area (Å²) in [5.41, 5.74) is 1.89. The summed E-state index contributed by atoms with van der Waals surface area (Å²) in [7, 11) is 0. The second kappa shape index (κ2) is 3.65. The number of aromatic amines is 1. The quantitative estimate of drug-likeness (QED) is 0.907. The number of alkyl halides is 2. The molecular formula is C13H14F2N4. The molecule has 1 aliphatic heterocycles. The van der Waals surface area contributed by atoms with Crippen LogP contribution in [0.5, 0.6) is 0 Å². The Morgan fingerprint density at radius 1 is 1.37 bits per heavy atom. The molecule has 0 aromatic carbocycles. The van der Waals surface area contributed by atoms with Crippen LogP contribution in [-0.2, 0) is 0 Å². The van der Waals surface area contributed by atoms with Crippen LogP contribution in [0.3, 0.4) is 0 Å². The maximum absolute atomic E-state index is 13.4. The van der Waals surface area contributed by atoms with Gasteiger partial charge in [-0.2, -0.15) is 5.10 Å². The van der Waals surface area contributed by atoms with Crippen LogP contribution >= 0.6 is 0 Å². The van der Waals surface area contributed by atoms with Crippen molar-refractivity contribution in [2.75, 3.05) is 18.0 Å². The lowest BCUT2D eigenvalue weighted by Gasteiger charge is -2.18. The Bertz CT molecular complexity index is 633. The van der Waals surface area contributed by atoms with E-state index in [2.05, 4.69) is 15.2 Å². The lowest BCUT2D eigenvalue weighted by atomic mass is 10.2. The average Bonchev–Trinajstić information content (AvgIpc) is 3.01. The van der Waals surface area contributed by atoms with E-state index in [-0.39, 0.29) is 13.0 Å². The summed E-state index contributed by atoms with van der Waals surface area (Å²) in [6.07, 6.45) is 3.86. The number of hydrogen-bond acceptors (Lipinski definition) is 3. The summed E-state index contributed by atoms with van der Waals surface area (Å²) in [5.74, 6) is -1.45. The van der Waals surface area contributed by atoms with Crippen molar-refractivity contribution in [1.29, 1.82) is 0 Å². The number of H-pyrrole nitrogens is 1. The Morgan fingerprint density at radius 3 is 2.89 bits per heavy atom. The molecule has 1 N–H and O–H groups in total. The molecule has 4 nitrogen and oxygen atoms in total. The SMILES string of the molecule is FC1(F)CCN(c2nc(C3CC3)cc3[nH]ncc23)C1. The van der Waals surface area contributed by atoms with Crippen LogP contribution in [0.4, 0.5) is 14.6 Å². The molecule has 0 radical (unpaired) electrons. The number of pyridine rings is 1. The van der Waals surface area contributed by atoms with Crippen molar-refractivity contribution in [2.45, 2.75) is 31.1 Å². The van der Waals surface area contributed by atoms with Gasteiger partial charge in [-0.05, 0) is 18.9 Å². The molecule has 3 heterocycles. The molecule has 2 aromatic rings. The molecule has 2 fully saturated rings. The molecule has 6 heteroatoms. The van der Waals surface area contributed by atoms with Gasteiger partial charge in [0.2, 0.25) is 0 Å². The van der Waals surface area contributed by atoms with Crippen LogP contribution in [0.2, 0.25) is 0 Å². The second-order valence-electron chi connectivity index (χ2n) is 5.50. The van der Waals surface area contributed by atoms with Crippen LogP contribution in [0, 0.1) is 0 Å². The molecule has 0 bridgehead atoms. The number of halogens is 2. The summed E-state index contributed by atoms with van der Waals surface area (Å²) < 4.78 is 26.8. The Morgan fingerprint density at radius 2 is 2.21 bits per heavy atom. The zero-order valence-electron chi connectivity index (χ0n) is 10.4. The smallest absolute Gasteiger partial charge is 0.266 e. The minimum absolute atomic E-state index is 0.0956. The number of rotatable bonds is 2. The maximum atomic E-state index is 13.4. The van der Waals surface area contributed by atoms with E-state index < -0.39 is 5.92 Å². The van der Waals surface area contributed by atoms with Gasteiger partial charge in [0.25, 0.3) is 5.92 Å². The number of aromatic nitrogens is 3. The molecule has 0 unspecified atom stereocenters. The van der Waals surface area contributed by atoms with Crippen molar-refractivity contribution in [3.05, 3.63) is 18.0 Å². The molecule has 19 heavy (non-hydrogen) atoms. The summed E-state index contributed by atoms with van der Waals surface area (Å²) in [4.78, 5) is 6.30. The normalized spacial score (nSPS) is 22.3. The highest BCUT2D eigenvalue weighted by molar-refractivity contribution is 5.89. The van der Waals surface area contributed by atoms with Gasteiger partial charge in [0, 0.05) is 24.6 Å². The number of hydrogen-bond donors (Lipinski definition) is 1. The summed E-state index contributed by atoms with van der Waals surface area (Å²) in [5, 5.41) is 7.77. The predicted molar refractivity (Wildman–Crippen MR) is 67.6 cm³/mol. The van der Waals surface area contributed by atoms with Crippen LogP contribution in [-0.4, -0.2) is 34.2 Å². The number of anilines is 1. The first kappa shape index (κ1) is 11.1. The predicted octanol–water partition coefficient (Wildman–Crippen LogP) is 2.68. The minimum atomic E-state index is -2.60. The van der Waals surface area contributed by atoms with Crippen LogP contribution in [0.1, 0.15) is 30.9 Å². The van der Waals surface area contributed by atoms with Gasteiger partial charge in [0.1, 0.15) is 5.82 Å². The standard InChI is InChI=1S/C13H14F2N4/c14-13(15)3-4-19(7-13)12-9-6-16-18-11(9)5-10(17-12)8-1-2-8/h5-6,8H,1-4,7H2,(H,16,18). The number of nitrogens with zero attached hydrogens (tertiary/aromatic N) is 3. The third kappa shape index (κ3) is 1.86. The zero-order chi connectivity index (χ0) is 13.0. The molecule has 0 spiro atoms. The molecule has 1 saturated heterocycles. The fourth-order valence-electron chi connectivity index (χ4n) is 2.69. The van der Waals surface area contributed by atoms with Crippen molar-refractivity contribution in [2.24, 2.45) is 0 Å². The third-order valence-corrected chi connectivity index (χ3v) is 3.90. The van der Waals surface area contributed by atoms with Gasteiger partial charge in [-0.3, -0.25) is 5.10 Å². The van der Waals surface area contributed by atoms with Crippen LogP contribution < -0.4 is 4.90 Å². The third-order valence-electron chi connectivity index (χ3n) is 3.90. The fraction of sp³-hybridized carbons (Fsp3) is 0.538. The highest BCUT2D eigenvalue weighted by Gasteiger charge is 2.39. The molecular weight excluding hydrogens is 250 g/mol. The van der Waals surface area contributed by atoms with E-state index in [0.29, 0.717) is 18.3 Å². The van der Waals surface area contributed by atoms with Gasteiger partial charge < -0.3 is 4.90 Å². The monoisotopic (exact) mass is 264 g/mol. The molecule has 2 aromatic heterocycles. The first-order chi connectivity index (χ1) is 9.12. The summed E-state index contributed by atoms with van der Waals surface area (Å²) in [6.45, 7) is 0.114. The number of nitrogens with one attached hydrogen (secondary N) is 1. The van der Waals surface area contributed by atoms with E-state index in [1.54, 1.807) is 11.1 Å². The topological polar surface area (TPSA) is 44.8 Å². The van der Waals surface area contributed by atoms with Gasteiger partial charge in [-0.25, -0.2) is 13.8 Å². The maximum Gasteiger partial charge on any atom is 0.266 e. The lowest BCUT2D eigenvalue weighted by Crippen LogP contribution is -2.26. The Kier molecular flexibility index (Phi) is 2.14. The van der Waals surface area contributed by atoms with E-state index in [1.165, 1.54) is 0 Å². The van der Waals surface area contributed by atoms with E-state index in [0.717, 1.165) is 29.4 Å². The first-order valence-electron chi connectivity index (χ1n) is 6.59. The van der Waals surface area contributed by atoms with E-state index in [1.807, 2.05) is 6.07 Å². The van der Waals surface area contributed by atoms with Gasteiger partial charge in [0.05, 0.1) is 23.6 Å². The van der Waals surface area contributed by atoms with Gasteiger partial charge in [-0.15, -0.1) is 0 Å². The van der Waals surface area contributed by atoms with Gasteiger partial charge in [0.15, 0.2) is 0 Å². The summed E-state index contributed by atoms with van der Waals surface area (Å²) in [6, 6.07) is 2.00.